The molecule has 0 aliphatic heterocycles. The molecule has 0 bridgehead atoms. The van der Waals surface area contributed by atoms with Gasteiger partial charge in [-0.2, -0.15) is 5.10 Å². The maximum absolute atomic E-state index is 11.9. The van der Waals surface area contributed by atoms with Gasteiger partial charge in [-0.05, 0) is 22.9 Å². The molecule has 2 rings (SSSR count). The number of aromatic amines is 1. The summed E-state index contributed by atoms with van der Waals surface area (Å²) in [5.41, 5.74) is -0.103. The highest BCUT2D eigenvalue weighted by Gasteiger charge is 2.17. The second-order valence-corrected chi connectivity index (χ2v) is 4.44. The number of hydrogen-bond donors (Lipinski definition) is 2. The summed E-state index contributed by atoms with van der Waals surface area (Å²) in [6, 6.07) is -0.550. The monoisotopic (exact) mass is 311 g/mol. The van der Waals surface area contributed by atoms with Crippen LogP contribution in [0, 0.1) is 0 Å². The van der Waals surface area contributed by atoms with Crippen molar-refractivity contribution >= 4 is 27.5 Å². The fourth-order valence-electron chi connectivity index (χ4n) is 1.33. The predicted octanol–water partition coefficient (Wildman–Crippen LogP) is 0.929. The van der Waals surface area contributed by atoms with Crippen molar-refractivity contribution in [3.63, 3.8) is 0 Å². The number of hydrogen-bond acceptors (Lipinski definition) is 4. The fraction of sp³-hybridized carbons (Fsp3) is 0.200. The maximum Gasteiger partial charge on any atom is 0.249 e. The number of nitrogens with one attached hydrogen (secondary N) is 2. The van der Waals surface area contributed by atoms with Gasteiger partial charge < -0.3 is 10.3 Å². The second kappa shape index (κ2) is 5.13. The van der Waals surface area contributed by atoms with Crippen LogP contribution in [0.3, 0.4) is 0 Å². The van der Waals surface area contributed by atoms with Crippen LogP contribution in [0.25, 0.3) is 0 Å². The predicted molar refractivity (Wildman–Crippen MR) is 68.1 cm³/mol. The van der Waals surface area contributed by atoms with Crippen LogP contribution in [0.15, 0.2) is 34.3 Å². The van der Waals surface area contributed by atoms with E-state index in [4.69, 9.17) is 0 Å². The number of anilines is 1. The molecule has 7 nitrogen and oxygen atoms in total. The zero-order valence-corrected chi connectivity index (χ0v) is 11.0. The van der Waals surface area contributed by atoms with Gasteiger partial charge in [-0.3, -0.25) is 9.59 Å². The van der Waals surface area contributed by atoms with Crippen LogP contribution < -0.4 is 10.7 Å². The topological polar surface area (TPSA) is 92.7 Å². The molecule has 2 N–H and O–H groups in total. The van der Waals surface area contributed by atoms with Gasteiger partial charge in [-0.25, -0.2) is 9.67 Å². The Labute approximate surface area is 110 Å². The third-order valence-corrected chi connectivity index (χ3v) is 2.96. The molecule has 18 heavy (non-hydrogen) atoms. The molecular weight excluding hydrogens is 302 g/mol. The molecule has 0 spiro atoms. The average Bonchev–Trinajstić information content (AvgIpc) is 2.87. The summed E-state index contributed by atoms with van der Waals surface area (Å²) >= 11 is 3.09. The summed E-state index contributed by atoms with van der Waals surface area (Å²) < 4.78 is 1.76. The molecular formula is C10H10BrN5O2. The molecule has 1 unspecified atom stereocenters. The zero-order chi connectivity index (χ0) is 13.1. The third-order valence-electron chi connectivity index (χ3n) is 2.37. The van der Waals surface area contributed by atoms with Gasteiger partial charge in [0.25, 0.3) is 0 Å². The Morgan fingerprint density at radius 1 is 1.56 bits per heavy atom. The minimum Gasteiger partial charge on any atom is -0.365 e. The van der Waals surface area contributed by atoms with Gasteiger partial charge >= 0.3 is 0 Å². The number of halogens is 1. The average molecular weight is 312 g/mol. The molecule has 0 saturated heterocycles. The molecule has 8 heteroatoms. The number of H-pyrrole nitrogens is 1. The van der Waals surface area contributed by atoms with Gasteiger partial charge in [0, 0.05) is 12.4 Å². The van der Waals surface area contributed by atoms with Crippen molar-refractivity contribution < 1.29 is 4.79 Å². The number of carbonyl (C=O) groups is 1. The van der Waals surface area contributed by atoms with Gasteiger partial charge in [0.2, 0.25) is 11.3 Å². The minimum atomic E-state index is -0.550. The number of carbonyl (C=O) groups excluding carboxylic acids is 1. The summed E-state index contributed by atoms with van der Waals surface area (Å²) in [7, 11) is 0. The van der Waals surface area contributed by atoms with Gasteiger partial charge in [0.05, 0.1) is 4.47 Å². The van der Waals surface area contributed by atoms with E-state index in [2.05, 4.69) is 36.3 Å². The van der Waals surface area contributed by atoms with Crippen LogP contribution in [-0.2, 0) is 4.79 Å². The smallest absolute Gasteiger partial charge is 0.249 e. The molecule has 1 atom stereocenters. The Balaban J connectivity index is 2.17. The number of rotatable bonds is 3. The SMILES string of the molecule is CC(C(=O)Nc1c[nH]cc(Br)c1=O)n1cncn1. The highest BCUT2D eigenvalue weighted by molar-refractivity contribution is 9.10. The summed E-state index contributed by atoms with van der Waals surface area (Å²) in [5.74, 6) is -0.343. The lowest BCUT2D eigenvalue weighted by Crippen LogP contribution is -2.26. The van der Waals surface area contributed by atoms with E-state index in [9.17, 15) is 9.59 Å². The first-order valence-electron chi connectivity index (χ1n) is 5.11. The van der Waals surface area contributed by atoms with Crippen molar-refractivity contribution in [3.05, 3.63) is 39.7 Å². The first-order chi connectivity index (χ1) is 8.59. The Hall–Kier alpha value is -1.96. The standard InChI is InChI=1S/C10H10BrN5O2/c1-6(16-5-13-4-14-16)10(18)15-8-3-12-2-7(11)9(8)17/h2-6H,1H3,(H,12,17)(H,15,18). The van der Waals surface area contributed by atoms with Gasteiger partial charge in [0.15, 0.2) is 0 Å². The van der Waals surface area contributed by atoms with E-state index in [1.807, 2.05) is 0 Å². The molecule has 94 valence electrons. The van der Waals surface area contributed by atoms with Crippen molar-refractivity contribution in [2.24, 2.45) is 0 Å². The van der Waals surface area contributed by atoms with E-state index in [0.717, 1.165) is 0 Å². The summed E-state index contributed by atoms with van der Waals surface area (Å²) in [5, 5.41) is 6.41. The first-order valence-corrected chi connectivity index (χ1v) is 5.90. The molecule has 0 radical (unpaired) electrons. The molecule has 0 saturated carbocycles. The molecule has 2 aromatic rings. The summed E-state index contributed by atoms with van der Waals surface area (Å²) in [6.45, 7) is 1.66. The quantitative estimate of drug-likeness (QED) is 0.882. The van der Waals surface area contributed by atoms with Crippen LogP contribution in [0.4, 0.5) is 5.69 Å². The van der Waals surface area contributed by atoms with E-state index in [0.29, 0.717) is 4.47 Å². The second-order valence-electron chi connectivity index (χ2n) is 3.59. The molecule has 2 heterocycles. The normalized spacial score (nSPS) is 12.1. The number of aromatic nitrogens is 4. The molecule has 0 aliphatic rings. The molecule has 1 amide bonds. The Morgan fingerprint density at radius 2 is 2.33 bits per heavy atom. The molecule has 0 aromatic carbocycles. The van der Waals surface area contributed by atoms with Crippen molar-refractivity contribution in [2.75, 3.05) is 5.32 Å². The van der Waals surface area contributed by atoms with Gasteiger partial charge in [0.1, 0.15) is 24.4 Å². The van der Waals surface area contributed by atoms with E-state index in [-0.39, 0.29) is 17.0 Å². The van der Waals surface area contributed by atoms with E-state index in [1.54, 1.807) is 6.92 Å². The van der Waals surface area contributed by atoms with E-state index in [1.165, 1.54) is 29.7 Å². The van der Waals surface area contributed by atoms with E-state index >= 15 is 0 Å². The number of amides is 1. The zero-order valence-electron chi connectivity index (χ0n) is 9.42. The van der Waals surface area contributed by atoms with Crippen molar-refractivity contribution in [2.45, 2.75) is 13.0 Å². The number of pyridine rings is 1. The summed E-state index contributed by atoms with van der Waals surface area (Å²) in [6.07, 6.45) is 5.71. The highest BCUT2D eigenvalue weighted by atomic mass is 79.9. The van der Waals surface area contributed by atoms with Crippen molar-refractivity contribution in [3.8, 4) is 0 Å². The van der Waals surface area contributed by atoms with Crippen LogP contribution in [0.1, 0.15) is 13.0 Å². The fourth-order valence-corrected chi connectivity index (χ4v) is 1.67. The molecule has 0 fully saturated rings. The third kappa shape index (κ3) is 2.48. The minimum absolute atomic E-state index is 0.182. The highest BCUT2D eigenvalue weighted by Crippen LogP contribution is 2.09. The lowest BCUT2D eigenvalue weighted by molar-refractivity contribution is -0.119. The largest absolute Gasteiger partial charge is 0.365 e. The Kier molecular flexibility index (Phi) is 3.56. The van der Waals surface area contributed by atoms with Crippen molar-refractivity contribution in [1.82, 2.24) is 19.7 Å². The van der Waals surface area contributed by atoms with Gasteiger partial charge in [-0.1, -0.05) is 0 Å². The molecule has 0 aliphatic carbocycles. The first kappa shape index (κ1) is 12.5. The summed E-state index contributed by atoms with van der Waals surface area (Å²) in [4.78, 5) is 30.1. The van der Waals surface area contributed by atoms with E-state index < -0.39 is 6.04 Å². The lowest BCUT2D eigenvalue weighted by atomic mass is 10.3. The lowest BCUT2D eigenvalue weighted by Gasteiger charge is -2.11. The number of nitrogens with zero attached hydrogens (tertiary/aromatic N) is 3. The molecule has 2 aromatic heterocycles. The van der Waals surface area contributed by atoms with Crippen LogP contribution in [0.2, 0.25) is 0 Å². The maximum atomic E-state index is 11.9. The van der Waals surface area contributed by atoms with Crippen LogP contribution >= 0.6 is 15.9 Å². The van der Waals surface area contributed by atoms with Crippen LogP contribution in [0.5, 0.6) is 0 Å². The van der Waals surface area contributed by atoms with Crippen molar-refractivity contribution in [1.29, 1.82) is 0 Å². The van der Waals surface area contributed by atoms with Crippen LogP contribution in [-0.4, -0.2) is 25.7 Å². The van der Waals surface area contributed by atoms with Gasteiger partial charge in [-0.15, -0.1) is 0 Å². The Morgan fingerprint density at radius 3 is 3.00 bits per heavy atom. The Bertz CT molecular complexity index is 607.